The number of aliphatic hydroxyl groups is 2. The van der Waals surface area contributed by atoms with Gasteiger partial charge < -0.3 is 54.0 Å². The lowest BCUT2D eigenvalue weighted by molar-refractivity contribution is -0.304. The number of methoxy groups -OCH3 is 4. The number of rotatable bonds is 10. The lowest BCUT2D eigenvalue weighted by atomic mass is 9.95. The first kappa shape index (κ1) is 24.8. The third-order valence-corrected chi connectivity index (χ3v) is 5.67. The average Bonchev–Trinajstić information content (AvgIpc) is 2.75. The molecule has 10 atom stereocenters. The van der Waals surface area contributed by atoms with E-state index in [0.717, 1.165) is 0 Å². The van der Waals surface area contributed by atoms with Gasteiger partial charge in [-0.2, -0.15) is 0 Å². The van der Waals surface area contributed by atoms with Gasteiger partial charge in [-0.3, -0.25) is 0 Å². The summed E-state index contributed by atoms with van der Waals surface area (Å²) in [6.45, 7) is -0.176. The molecule has 2 rings (SSSR count). The minimum atomic E-state index is -1.09. The Morgan fingerprint density at radius 2 is 1.28 bits per heavy atom. The molecule has 0 spiro atoms. The maximum absolute atomic E-state index is 10.3. The smallest absolute Gasteiger partial charge is 0.176 e. The summed E-state index contributed by atoms with van der Waals surface area (Å²) in [5.41, 5.74) is 0. The fourth-order valence-electron chi connectivity index (χ4n) is 4.18. The van der Waals surface area contributed by atoms with Crippen LogP contribution in [0.1, 0.15) is 0 Å². The molecule has 4 N–H and O–H groups in total. The van der Waals surface area contributed by atoms with Crippen LogP contribution in [0.2, 0.25) is 0 Å². The van der Waals surface area contributed by atoms with Crippen molar-refractivity contribution in [3.8, 4) is 0 Å². The Balaban J connectivity index is 2.11. The largest absolute Gasteiger partial charge is 0.394 e. The molecule has 11 nitrogen and oxygen atoms in total. The predicted octanol–water partition coefficient (Wildman–Crippen LogP) is -2.33. The normalized spacial score (nSPS) is 43.4. The molecular formula is C18H36N2O9. The molecule has 2 saturated heterocycles. The van der Waals surface area contributed by atoms with E-state index in [9.17, 15) is 10.2 Å². The molecule has 2 heterocycles. The van der Waals surface area contributed by atoms with E-state index in [1.54, 1.807) is 42.5 Å². The van der Waals surface area contributed by atoms with E-state index in [-0.39, 0.29) is 19.3 Å². The molecule has 0 amide bonds. The molecule has 4 unspecified atom stereocenters. The van der Waals surface area contributed by atoms with Crippen LogP contribution in [0, 0.1) is 0 Å². The van der Waals surface area contributed by atoms with Crippen molar-refractivity contribution in [3.05, 3.63) is 0 Å². The molecule has 2 aliphatic heterocycles. The first-order valence-corrected chi connectivity index (χ1v) is 9.68. The molecule has 0 aromatic carbocycles. The minimum Gasteiger partial charge on any atom is -0.394 e. The first-order chi connectivity index (χ1) is 14.0. The van der Waals surface area contributed by atoms with Crippen LogP contribution in [0.3, 0.4) is 0 Å². The van der Waals surface area contributed by atoms with Crippen LogP contribution in [0.5, 0.6) is 0 Å². The Hall–Kier alpha value is -0.440. The maximum atomic E-state index is 10.3. The molecule has 29 heavy (non-hydrogen) atoms. The van der Waals surface area contributed by atoms with Crippen molar-refractivity contribution in [2.24, 2.45) is 0 Å². The second kappa shape index (κ2) is 11.8. The van der Waals surface area contributed by atoms with E-state index >= 15 is 0 Å². The monoisotopic (exact) mass is 424 g/mol. The fraction of sp³-hybridized carbons (Fsp3) is 1.00. The zero-order valence-corrected chi connectivity index (χ0v) is 17.9. The first-order valence-electron chi connectivity index (χ1n) is 9.68. The van der Waals surface area contributed by atoms with Gasteiger partial charge in [0, 0.05) is 28.4 Å². The lowest BCUT2D eigenvalue weighted by Crippen LogP contribution is -2.66. The van der Waals surface area contributed by atoms with E-state index < -0.39 is 55.2 Å². The van der Waals surface area contributed by atoms with E-state index in [4.69, 9.17) is 33.2 Å². The van der Waals surface area contributed by atoms with E-state index in [1.165, 1.54) is 0 Å². The Morgan fingerprint density at radius 3 is 1.76 bits per heavy atom. The number of likely N-dealkylation sites (N-methyl/N-ethyl adjacent to an activating group) is 2. The van der Waals surface area contributed by atoms with Crippen molar-refractivity contribution >= 4 is 0 Å². The van der Waals surface area contributed by atoms with Crippen LogP contribution in [0.4, 0.5) is 0 Å². The summed E-state index contributed by atoms with van der Waals surface area (Å²) in [7, 11) is 9.70. The van der Waals surface area contributed by atoms with Gasteiger partial charge in [-0.05, 0) is 14.1 Å². The zero-order valence-electron chi connectivity index (χ0n) is 17.9. The van der Waals surface area contributed by atoms with Gasteiger partial charge in [-0.15, -0.1) is 0 Å². The van der Waals surface area contributed by atoms with E-state index in [0.29, 0.717) is 0 Å². The SMILES string of the molecule is CNC1[C@H](OCC2O[C@@H](O)C(NC)[C@@H](OC)[C@@H]2OC)OC(CO)[C@@H](OC)[C@@H]1OC. The Kier molecular flexibility index (Phi) is 10.1. The molecule has 0 aromatic heterocycles. The molecule has 0 bridgehead atoms. The second-order valence-corrected chi connectivity index (χ2v) is 7.05. The topological polar surface area (TPSA) is 129 Å². The van der Waals surface area contributed by atoms with Crippen LogP contribution in [-0.2, 0) is 33.2 Å². The van der Waals surface area contributed by atoms with Crippen LogP contribution in [0.25, 0.3) is 0 Å². The summed E-state index contributed by atoms with van der Waals surface area (Å²) in [5.74, 6) is 0. The summed E-state index contributed by atoms with van der Waals surface area (Å²) in [4.78, 5) is 0. The highest BCUT2D eigenvalue weighted by atomic mass is 16.7. The fourth-order valence-corrected chi connectivity index (χ4v) is 4.18. The molecule has 0 saturated carbocycles. The molecule has 2 fully saturated rings. The van der Waals surface area contributed by atoms with E-state index in [1.807, 2.05) is 0 Å². The van der Waals surface area contributed by atoms with Gasteiger partial charge in [0.2, 0.25) is 0 Å². The minimum absolute atomic E-state index is 0.0704. The van der Waals surface area contributed by atoms with Crippen molar-refractivity contribution in [1.82, 2.24) is 10.6 Å². The number of hydrogen-bond acceptors (Lipinski definition) is 11. The van der Waals surface area contributed by atoms with Gasteiger partial charge >= 0.3 is 0 Å². The van der Waals surface area contributed by atoms with E-state index in [2.05, 4.69) is 10.6 Å². The van der Waals surface area contributed by atoms with Crippen LogP contribution in [-0.4, -0.2) is 127 Å². The Bertz CT molecular complexity index is 475. The van der Waals surface area contributed by atoms with Crippen molar-refractivity contribution < 1.29 is 43.4 Å². The molecule has 172 valence electrons. The zero-order chi connectivity index (χ0) is 21.6. The maximum Gasteiger partial charge on any atom is 0.176 e. The van der Waals surface area contributed by atoms with Crippen molar-refractivity contribution in [2.75, 3.05) is 55.7 Å². The van der Waals surface area contributed by atoms with Crippen LogP contribution >= 0.6 is 0 Å². The van der Waals surface area contributed by atoms with Crippen molar-refractivity contribution in [3.63, 3.8) is 0 Å². The summed E-state index contributed by atoms with van der Waals surface area (Å²) in [6, 6.07) is -0.804. The van der Waals surface area contributed by atoms with Gasteiger partial charge in [0.15, 0.2) is 12.6 Å². The number of aliphatic hydroxyl groups excluding tert-OH is 2. The molecule has 0 aromatic rings. The van der Waals surface area contributed by atoms with Crippen molar-refractivity contribution in [1.29, 1.82) is 0 Å². The van der Waals surface area contributed by atoms with Gasteiger partial charge in [0.25, 0.3) is 0 Å². The third-order valence-electron chi connectivity index (χ3n) is 5.67. The second-order valence-electron chi connectivity index (χ2n) is 7.05. The van der Waals surface area contributed by atoms with Crippen molar-refractivity contribution in [2.45, 2.75) is 61.3 Å². The molecule has 11 heteroatoms. The molecule has 2 aliphatic rings. The third kappa shape index (κ3) is 5.25. The highest BCUT2D eigenvalue weighted by molar-refractivity contribution is 4.97. The number of hydrogen-bond donors (Lipinski definition) is 4. The lowest BCUT2D eigenvalue weighted by Gasteiger charge is -2.46. The van der Waals surface area contributed by atoms with Crippen LogP contribution in [0.15, 0.2) is 0 Å². The van der Waals surface area contributed by atoms with Crippen LogP contribution < -0.4 is 10.6 Å². The Morgan fingerprint density at radius 1 is 0.759 bits per heavy atom. The summed E-state index contributed by atoms with van der Waals surface area (Å²) in [6.07, 6.45) is -4.83. The Labute approximate surface area is 171 Å². The van der Waals surface area contributed by atoms with Gasteiger partial charge in [0.05, 0.1) is 25.3 Å². The summed E-state index contributed by atoms with van der Waals surface area (Å²) in [5, 5.41) is 26.1. The standard InChI is InChI=1S/C18H36N2O9/c1-19-11-15(25-5)14(24-4)10(28-17(11)22)8-27-18-12(20-2)16(26-6)13(23-3)9(7-21)29-18/h9-22H,7-8H2,1-6H3/t9?,10?,11?,12?,13-,14-,15-,16-,17-,18-/m1/s1. The van der Waals surface area contributed by atoms with Gasteiger partial charge in [-0.1, -0.05) is 0 Å². The molecule has 0 radical (unpaired) electrons. The highest BCUT2D eigenvalue weighted by Gasteiger charge is 2.49. The highest BCUT2D eigenvalue weighted by Crippen LogP contribution is 2.28. The molecular weight excluding hydrogens is 388 g/mol. The van der Waals surface area contributed by atoms with Gasteiger partial charge in [-0.25, -0.2) is 0 Å². The van der Waals surface area contributed by atoms with Gasteiger partial charge in [0.1, 0.15) is 36.6 Å². The predicted molar refractivity (Wildman–Crippen MR) is 101 cm³/mol. The summed E-state index contributed by atoms with van der Waals surface area (Å²) < 4.78 is 39.8. The number of ether oxygens (including phenoxy) is 7. The average molecular weight is 424 g/mol. The summed E-state index contributed by atoms with van der Waals surface area (Å²) >= 11 is 0. The quantitative estimate of drug-likeness (QED) is 0.301. The number of nitrogens with one attached hydrogen (secondary N) is 2. The molecule has 0 aliphatic carbocycles.